The topological polar surface area (TPSA) is 120 Å². The number of hydrogen-bond donors (Lipinski definition) is 1. The van der Waals surface area contributed by atoms with Gasteiger partial charge in [0, 0.05) is 25.2 Å². The van der Waals surface area contributed by atoms with E-state index in [2.05, 4.69) is 10.4 Å². The highest BCUT2D eigenvalue weighted by Crippen LogP contribution is 2.22. The van der Waals surface area contributed by atoms with Gasteiger partial charge in [-0.3, -0.25) is 4.79 Å². The van der Waals surface area contributed by atoms with Gasteiger partial charge in [-0.05, 0) is 52.8 Å². The summed E-state index contributed by atoms with van der Waals surface area (Å²) < 4.78 is 40.1. The first-order chi connectivity index (χ1) is 15.5. The standard InChI is InChI=1S/C22H30N4O6S/c1-14(2)26-20(9-10-23-26)24-21(27)17(5)32-22(28)18-7-6-8-19(11-18)33(29,30)25-12-15(3)31-16(4)13-25/h6-11,14-17H,12-13H2,1-5H3,(H,24,27)/t15-,16-,17+/m1/s1. The van der Waals surface area contributed by atoms with Gasteiger partial charge in [-0.2, -0.15) is 9.40 Å². The third-order valence-corrected chi connectivity index (χ3v) is 6.98. The van der Waals surface area contributed by atoms with E-state index in [1.54, 1.807) is 16.9 Å². The summed E-state index contributed by atoms with van der Waals surface area (Å²) in [5.41, 5.74) is 0.0392. The fourth-order valence-electron chi connectivity index (χ4n) is 3.59. The first kappa shape index (κ1) is 24.9. The van der Waals surface area contributed by atoms with E-state index in [0.29, 0.717) is 5.82 Å². The monoisotopic (exact) mass is 478 g/mol. The number of ether oxygens (including phenoxy) is 2. The van der Waals surface area contributed by atoms with Crippen molar-refractivity contribution in [2.24, 2.45) is 0 Å². The van der Waals surface area contributed by atoms with E-state index in [1.165, 1.54) is 35.5 Å². The molecule has 0 bridgehead atoms. The Balaban J connectivity index is 1.70. The number of rotatable bonds is 7. The van der Waals surface area contributed by atoms with Crippen LogP contribution in [0.1, 0.15) is 51.0 Å². The lowest BCUT2D eigenvalue weighted by Gasteiger charge is -2.34. The van der Waals surface area contributed by atoms with Gasteiger partial charge in [0.2, 0.25) is 10.0 Å². The largest absolute Gasteiger partial charge is 0.449 e. The van der Waals surface area contributed by atoms with Crippen LogP contribution < -0.4 is 5.32 Å². The molecule has 1 aliphatic heterocycles. The normalized spacial score (nSPS) is 20.4. The number of carbonyl (C=O) groups is 2. The van der Waals surface area contributed by atoms with Crippen LogP contribution in [-0.4, -0.2) is 65.8 Å². The second-order valence-electron chi connectivity index (χ2n) is 8.40. The first-order valence-electron chi connectivity index (χ1n) is 10.8. The third-order valence-electron chi connectivity index (χ3n) is 5.16. The minimum absolute atomic E-state index is 0.0174. The zero-order valence-corrected chi connectivity index (χ0v) is 20.2. The summed E-state index contributed by atoms with van der Waals surface area (Å²) in [6.07, 6.45) is -0.00550. The molecule has 2 aromatic rings. The van der Waals surface area contributed by atoms with Crippen LogP contribution >= 0.6 is 0 Å². The lowest BCUT2D eigenvalue weighted by molar-refractivity contribution is -0.123. The minimum atomic E-state index is -3.82. The van der Waals surface area contributed by atoms with Crippen molar-refractivity contribution in [3.63, 3.8) is 0 Å². The van der Waals surface area contributed by atoms with Crippen LogP contribution in [0.25, 0.3) is 0 Å². The number of aromatic nitrogens is 2. The number of hydrogen-bond acceptors (Lipinski definition) is 7. The quantitative estimate of drug-likeness (QED) is 0.607. The van der Waals surface area contributed by atoms with E-state index in [1.807, 2.05) is 27.7 Å². The highest BCUT2D eigenvalue weighted by atomic mass is 32.2. The molecule has 1 aliphatic rings. The van der Waals surface area contributed by atoms with Crippen LogP contribution in [0.15, 0.2) is 41.4 Å². The molecule has 0 saturated carbocycles. The van der Waals surface area contributed by atoms with Crippen LogP contribution in [0.5, 0.6) is 0 Å². The summed E-state index contributed by atoms with van der Waals surface area (Å²) in [5, 5.41) is 6.83. The number of nitrogens with zero attached hydrogens (tertiary/aromatic N) is 3. The Labute approximate surface area is 193 Å². The van der Waals surface area contributed by atoms with Crippen molar-refractivity contribution in [3.8, 4) is 0 Å². The van der Waals surface area contributed by atoms with E-state index in [0.717, 1.165) is 0 Å². The summed E-state index contributed by atoms with van der Waals surface area (Å²) >= 11 is 0. The molecule has 0 unspecified atom stereocenters. The van der Waals surface area contributed by atoms with Gasteiger partial charge in [0.05, 0.1) is 28.9 Å². The predicted octanol–water partition coefficient (Wildman–Crippen LogP) is 2.45. The number of nitrogens with one attached hydrogen (secondary N) is 1. The number of sulfonamides is 1. The average molecular weight is 479 g/mol. The molecule has 33 heavy (non-hydrogen) atoms. The molecular formula is C22H30N4O6S. The fourth-order valence-corrected chi connectivity index (χ4v) is 5.23. The Hall–Kier alpha value is -2.76. The van der Waals surface area contributed by atoms with Crippen LogP contribution in [0, 0.1) is 0 Å². The molecule has 1 aromatic carbocycles. The van der Waals surface area contributed by atoms with Gasteiger partial charge in [-0.25, -0.2) is 17.9 Å². The second kappa shape index (κ2) is 10.0. The summed E-state index contributed by atoms with van der Waals surface area (Å²) in [6.45, 7) is 9.37. The van der Waals surface area contributed by atoms with Crippen molar-refractivity contribution in [1.82, 2.24) is 14.1 Å². The molecule has 1 fully saturated rings. The number of amides is 1. The van der Waals surface area contributed by atoms with Crippen LogP contribution in [0.4, 0.5) is 5.82 Å². The molecule has 1 saturated heterocycles. The van der Waals surface area contributed by atoms with Crippen molar-refractivity contribution in [1.29, 1.82) is 0 Å². The molecule has 0 radical (unpaired) electrons. The van der Waals surface area contributed by atoms with E-state index < -0.39 is 28.0 Å². The lowest BCUT2D eigenvalue weighted by atomic mass is 10.2. The summed E-state index contributed by atoms with van der Waals surface area (Å²) in [5.74, 6) is -0.832. The fraction of sp³-hybridized carbons (Fsp3) is 0.500. The van der Waals surface area contributed by atoms with Crippen molar-refractivity contribution in [2.75, 3.05) is 18.4 Å². The molecule has 1 amide bonds. The van der Waals surface area contributed by atoms with E-state index >= 15 is 0 Å². The number of morpholine rings is 1. The molecule has 0 aliphatic carbocycles. The number of anilines is 1. The zero-order valence-electron chi connectivity index (χ0n) is 19.4. The van der Waals surface area contributed by atoms with Gasteiger partial charge in [0.15, 0.2) is 6.10 Å². The Bertz CT molecular complexity index is 1100. The summed E-state index contributed by atoms with van der Waals surface area (Å²) in [7, 11) is -3.82. The van der Waals surface area contributed by atoms with Gasteiger partial charge in [-0.15, -0.1) is 0 Å². The zero-order chi connectivity index (χ0) is 24.3. The maximum Gasteiger partial charge on any atom is 0.338 e. The predicted molar refractivity (Wildman–Crippen MR) is 121 cm³/mol. The van der Waals surface area contributed by atoms with Crippen molar-refractivity contribution >= 4 is 27.7 Å². The molecule has 11 heteroatoms. The molecule has 3 atom stereocenters. The summed E-state index contributed by atoms with van der Waals surface area (Å²) in [4.78, 5) is 25.1. The molecule has 10 nitrogen and oxygen atoms in total. The smallest absolute Gasteiger partial charge is 0.338 e. The van der Waals surface area contributed by atoms with Gasteiger partial charge in [0.1, 0.15) is 5.82 Å². The van der Waals surface area contributed by atoms with Crippen molar-refractivity contribution < 1.29 is 27.5 Å². The second-order valence-corrected chi connectivity index (χ2v) is 10.3. The first-order valence-corrected chi connectivity index (χ1v) is 12.2. The van der Waals surface area contributed by atoms with Crippen LogP contribution in [0.2, 0.25) is 0 Å². The maximum atomic E-state index is 13.1. The Morgan fingerprint density at radius 2 is 1.82 bits per heavy atom. The van der Waals surface area contributed by atoms with Crippen molar-refractivity contribution in [2.45, 2.75) is 63.9 Å². The van der Waals surface area contributed by atoms with Gasteiger partial charge in [-0.1, -0.05) is 6.07 Å². The summed E-state index contributed by atoms with van der Waals surface area (Å²) in [6, 6.07) is 7.30. The minimum Gasteiger partial charge on any atom is -0.449 e. The highest BCUT2D eigenvalue weighted by molar-refractivity contribution is 7.89. The van der Waals surface area contributed by atoms with E-state index in [9.17, 15) is 18.0 Å². The number of esters is 1. The molecule has 0 spiro atoms. The number of benzene rings is 1. The Morgan fingerprint density at radius 3 is 2.45 bits per heavy atom. The molecule has 1 aromatic heterocycles. The molecular weight excluding hydrogens is 448 g/mol. The van der Waals surface area contributed by atoms with Gasteiger partial charge >= 0.3 is 5.97 Å². The Morgan fingerprint density at radius 1 is 1.15 bits per heavy atom. The number of carbonyl (C=O) groups excluding carboxylic acids is 2. The molecule has 3 rings (SSSR count). The van der Waals surface area contributed by atoms with Crippen molar-refractivity contribution in [3.05, 3.63) is 42.1 Å². The van der Waals surface area contributed by atoms with E-state index in [-0.39, 0.29) is 41.8 Å². The average Bonchev–Trinajstić information content (AvgIpc) is 3.21. The Kier molecular flexibility index (Phi) is 7.55. The SMILES string of the molecule is CC(C)n1nccc1NC(=O)[C@H](C)OC(=O)c1cccc(S(=O)(=O)N2C[C@@H](C)O[C@H](C)C2)c1. The molecule has 2 heterocycles. The third kappa shape index (κ3) is 5.79. The molecule has 1 N–H and O–H groups in total. The van der Waals surface area contributed by atoms with Crippen LogP contribution in [-0.2, 0) is 24.3 Å². The highest BCUT2D eigenvalue weighted by Gasteiger charge is 2.32. The van der Waals surface area contributed by atoms with Gasteiger partial charge in [0.25, 0.3) is 5.91 Å². The van der Waals surface area contributed by atoms with Crippen LogP contribution in [0.3, 0.4) is 0 Å². The van der Waals surface area contributed by atoms with E-state index in [4.69, 9.17) is 9.47 Å². The molecule has 180 valence electrons. The lowest BCUT2D eigenvalue weighted by Crippen LogP contribution is -2.48. The maximum absolute atomic E-state index is 13.1. The van der Waals surface area contributed by atoms with Gasteiger partial charge < -0.3 is 14.8 Å².